The van der Waals surface area contributed by atoms with Gasteiger partial charge in [-0.25, -0.2) is 4.39 Å². The average Bonchev–Trinajstić information content (AvgIpc) is 3.18. The molecule has 0 spiro atoms. The molecule has 2 heterocycles. The molecular weight excluding hydrogens is 497 g/mol. The molecule has 1 aliphatic rings. The Morgan fingerprint density at radius 2 is 1.95 bits per heavy atom. The number of hydrogen-bond donors (Lipinski definition) is 2. The second-order valence-electron chi connectivity index (χ2n) is 8.66. The van der Waals surface area contributed by atoms with Gasteiger partial charge < -0.3 is 33.9 Å². The highest BCUT2D eigenvalue weighted by Crippen LogP contribution is 2.41. The van der Waals surface area contributed by atoms with Crippen LogP contribution in [0.3, 0.4) is 0 Å². The number of nitrogens with one attached hydrogen (secondary N) is 1. The van der Waals surface area contributed by atoms with E-state index in [9.17, 15) is 19.2 Å². The zero-order valence-electron chi connectivity index (χ0n) is 20.6. The molecule has 0 radical (unpaired) electrons. The Morgan fingerprint density at radius 1 is 1.13 bits per heavy atom. The molecule has 1 aromatic heterocycles. The fraction of sp³-hybridized carbons (Fsp3) is 0.222. The fourth-order valence-corrected chi connectivity index (χ4v) is 4.57. The van der Waals surface area contributed by atoms with Gasteiger partial charge in [0.25, 0.3) is 0 Å². The first-order valence-electron chi connectivity index (χ1n) is 11.6. The molecule has 1 amide bonds. The Hall–Kier alpha value is -4.64. The predicted molar refractivity (Wildman–Crippen MR) is 137 cm³/mol. The molecule has 4 aromatic rings. The number of halogens is 1. The summed E-state index contributed by atoms with van der Waals surface area (Å²) >= 11 is 0. The van der Waals surface area contributed by atoms with Gasteiger partial charge in [-0.2, -0.15) is 0 Å². The molecule has 0 saturated carbocycles. The van der Waals surface area contributed by atoms with Crippen molar-refractivity contribution in [2.24, 2.45) is 5.18 Å². The Morgan fingerprint density at radius 3 is 2.71 bits per heavy atom. The lowest BCUT2D eigenvalue weighted by atomic mass is 10.1. The van der Waals surface area contributed by atoms with Crippen LogP contribution in [0.2, 0.25) is 0 Å². The fourth-order valence-electron chi connectivity index (χ4n) is 4.57. The molecule has 0 atom stereocenters. The first kappa shape index (κ1) is 25.0. The number of fused-ring (bicyclic) bond motifs is 2. The van der Waals surface area contributed by atoms with E-state index in [0.717, 1.165) is 5.56 Å². The van der Waals surface area contributed by atoms with E-state index in [2.05, 4.69) is 10.5 Å². The number of nitrogens with zero attached hydrogens (tertiary/aromatic N) is 2. The van der Waals surface area contributed by atoms with Crippen LogP contribution in [-0.2, 0) is 29.1 Å². The highest BCUT2D eigenvalue weighted by molar-refractivity contribution is 5.99. The number of methoxy groups -OCH3 is 2. The van der Waals surface area contributed by atoms with Gasteiger partial charge >= 0.3 is 0 Å². The summed E-state index contributed by atoms with van der Waals surface area (Å²) < 4.78 is 37.1. The molecule has 38 heavy (non-hydrogen) atoms. The molecule has 3 aromatic carbocycles. The van der Waals surface area contributed by atoms with E-state index in [1.807, 2.05) is 0 Å². The van der Waals surface area contributed by atoms with Crippen LogP contribution in [0.25, 0.3) is 10.9 Å². The summed E-state index contributed by atoms with van der Waals surface area (Å²) in [5.74, 6) is 0.366. The van der Waals surface area contributed by atoms with Gasteiger partial charge in [0.05, 0.1) is 39.3 Å². The maximum Gasteiger partial charge on any atom is 0.228 e. The van der Waals surface area contributed by atoms with Crippen molar-refractivity contribution in [3.8, 4) is 23.1 Å². The van der Waals surface area contributed by atoms with E-state index in [1.54, 1.807) is 36.4 Å². The van der Waals surface area contributed by atoms with Gasteiger partial charge in [-0.15, -0.1) is 4.91 Å². The third kappa shape index (κ3) is 4.71. The van der Waals surface area contributed by atoms with Crippen LogP contribution in [-0.4, -0.2) is 36.6 Å². The molecule has 11 heteroatoms. The predicted octanol–water partition coefficient (Wildman–Crippen LogP) is 5.00. The molecular formula is C27H24FN3O7. The first-order valence-corrected chi connectivity index (χ1v) is 11.6. The summed E-state index contributed by atoms with van der Waals surface area (Å²) in [5, 5.41) is 17.0. The van der Waals surface area contributed by atoms with E-state index in [1.165, 1.54) is 30.9 Å². The number of hydrogen-bond acceptors (Lipinski definition) is 8. The monoisotopic (exact) mass is 521 g/mol. The molecule has 0 unspecified atom stereocenters. The minimum atomic E-state index is -0.486. The van der Waals surface area contributed by atoms with Crippen molar-refractivity contribution < 1.29 is 33.2 Å². The topological polar surface area (TPSA) is 121 Å². The first-order chi connectivity index (χ1) is 18.4. The summed E-state index contributed by atoms with van der Waals surface area (Å²) in [6.07, 6.45) is 0.0701. The Balaban J connectivity index is 1.45. The van der Waals surface area contributed by atoms with Gasteiger partial charge in [-0.05, 0) is 53.2 Å². The maximum absolute atomic E-state index is 14.3. The lowest BCUT2D eigenvalue weighted by Gasteiger charge is -2.21. The summed E-state index contributed by atoms with van der Waals surface area (Å²) in [6.45, 7) is 0.193. The van der Waals surface area contributed by atoms with Crippen LogP contribution in [0.5, 0.6) is 23.1 Å². The third-order valence-corrected chi connectivity index (χ3v) is 6.28. The summed E-state index contributed by atoms with van der Waals surface area (Å²) in [5.41, 5.74) is 2.42. The number of ether oxygens (including phenoxy) is 4. The molecule has 0 bridgehead atoms. The van der Waals surface area contributed by atoms with Crippen molar-refractivity contribution >= 4 is 28.2 Å². The van der Waals surface area contributed by atoms with Crippen LogP contribution in [0.1, 0.15) is 16.7 Å². The van der Waals surface area contributed by atoms with Gasteiger partial charge in [-0.1, -0.05) is 6.07 Å². The minimum absolute atomic E-state index is 0.0129. The average molecular weight is 522 g/mol. The molecule has 0 saturated heterocycles. The zero-order valence-corrected chi connectivity index (χ0v) is 20.6. The number of benzene rings is 3. The normalized spacial score (nSPS) is 12.5. The van der Waals surface area contributed by atoms with Crippen molar-refractivity contribution in [3.05, 3.63) is 75.9 Å². The highest BCUT2D eigenvalue weighted by atomic mass is 19.1. The van der Waals surface area contributed by atoms with E-state index < -0.39 is 5.82 Å². The van der Waals surface area contributed by atoms with Crippen LogP contribution in [0, 0.1) is 10.7 Å². The number of carbonyl (C=O) groups is 1. The van der Waals surface area contributed by atoms with Gasteiger partial charge in [0, 0.05) is 22.2 Å². The standard InChI is InChI=1S/C27H24FN3O7/c1-35-22-6-3-15(7-23(22)36-2)8-24(32)29-19-4-5-20-21(11-19)31(27(33)25(20)30-34)12-16-9-18(28)10-17-13-37-14-38-26(16)17/h3-7,9-11,33H,8,12-14H2,1-2H3,(H,29,32). The Kier molecular flexibility index (Phi) is 6.84. The second-order valence-corrected chi connectivity index (χ2v) is 8.66. The van der Waals surface area contributed by atoms with Gasteiger partial charge in [0.2, 0.25) is 11.8 Å². The van der Waals surface area contributed by atoms with E-state index in [4.69, 9.17) is 18.9 Å². The smallest absolute Gasteiger partial charge is 0.228 e. The SMILES string of the molecule is COc1ccc(CC(=O)Nc2ccc3c(N=O)c(O)n(Cc4cc(F)cc5c4OCOC5)c3c2)cc1OC. The largest absolute Gasteiger partial charge is 0.493 e. The lowest BCUT2D eigenvalue weighted by molar-refractivity contribution is -0.115. The van der Waals surface area contributed by atoms with Crippen molar-refractivity contribution in [3.63, 3.8) is 0 Å². The number of nitroso groups, excluding NO2 is 1. The van der Waals surface area contributed by atoms with E-state index in [-0.39, 0.29) is 43.8 Å². The number of anilines is 1. The summed E-state index contributed by atoms with van der Waals surface area (Å²) in [4.78, 5) is 24.3. The van der Waals surface area contributed by atoms with Gasteiger partial charge in [-0.3, -0.25) is 4.79 Å². The third-order valence-electron chi connectivity index (χ3n) is 6.28. The number of carbonyl (C=O) groups excluding carboxylic acids is 1. The molecule has 0 fully saturated rings. The zero-order chi connectivity index (χ0) is 26.8. The second kappa shape index (κ2) is 10.4. The summed E-state index contributed by atoms with van der Waals surface area (Å²) in [7, 11) is 3.05. The quantitative estimate of drug-likeness (QED) is 0.313. The van der Waals surface area contributed by atoms with Crippen LogP contribution in [0.15, 0.2) is 53.7 Å². The van der Waals surface area contributed by atoms with Crippen LogP contribution in [0.4, 0.5) is 15.8 Å². The van der Waals surface area contributed by atoms with Crippen LogP contribution >= 0.6 is 0 Å². The van der Waals surface area contributed by atoms with Crippen molar-refractivity contribution in [2.45, 2.75) is 19.6 Å². The minimum Gasteiger partial charge on any atom is -0.493 e. The lowest BCUT2D eigenvalue weighted by Crippen LogP contribution is -2.15. The van der Waals surface area contributed by atoms with E-state index >= 15 is 0 Å². The van der Waals surface area contributed by atoms with Crippen molar-refractivity contribution in [1.82, 2.24) is 4.57 Å². The molecule has 10 nitrogen and oxygen atoms in total. The van der Waals surface area contributed by atoms with Crippen molar-refractivity contribution in [1.29, 1.82) is 0 Å². The summed E-state index contributed by atoms with van der Waals surface area (Å²) in [6, 6.07) is 12.7. The van der Waals surface area contributed by atoms with Gasteiger partial charge in [0.15, 0.2) is 24.0 Å². The number of aromatic nitrogens is 1. The Bertz CT molecular complexity index is 1550. The Labute approximate surface area is 216 Å². The molecule has 5 rings (SSSR count). The van der Waals surface area contributed by atoms with Crippen molar-refractivity contribution in [2.75, 3.05) is 26.3 Å². The number of rotatable bonds is 8. The molecule has 196 valence electrons. The molecule has 0 aliphatic carbocycles. The number of amides is 1. The molecule has 1 aliphatic heterocycles. The van der Waals surface area contributed by atoms with E-state index in [0.29, 0.717) is 45.0 Å². The molecule has 2 N–H and O–H groups in total. The highest BCUT2D eigenvalue weighted by Gasteiger charge is 2.22. The maximum atomic E-state index is 14.3. The van der Waals surface area contributed by atoms with Crippen LogP contribution < -0.4 is 19.5 Å². The number of aromatic hydroxyl groups is 1. The van der Waals surface area contributed by atoms with Gasteiger partial charge in [0.1, 0.15) is 11.6 Å².